The van der Waals surface area contributed by atoms with Crippen LogP contribution < -0.4 is 0 Å². The number of nitro benzene ring substituents is 1. The molecular formula is C16H18BrNO2. The van der Waals surface area contributed by atoms with Crippen LogP contribution in [0, 0.1) is 22.0 Å². The van der Waals surface area contributed by atoms with Crippen LogP contribution in [0.3, 0.4) is 0 Å². The van der Waals surface area contributed by atoms with Gasteiger partial charge in [-0.1, -0.05) is 28.1 Å². The summed E-state index contributed by atoms with van der Waals surface area (Å²) < 4.78 is 0.332. The number of halogens is 1. The van der Waals surface area contributed by atoms with Crippen molar-refractivity contribution in [1.29, 1.82) is 0 Å². The van der Waals surface area contributed by atoms with Gasteiger partial charge >= 0.3 is 0 Å². The second kappa shape index (κ2) is 4.06. The minimum Gasteiger partial charge on any atom is -0.258 e. The molecule has 0 N–H and O–H groups in total. The molecule has 1 aromatic rings. The maximum atomic E-state index is 10.8. The first-order valence-electron chi connectivity index (χ1n) is 7.42. The number of hydrogen-bond donors (Lipinski definition) is 0. The van der Waals surface area contributed by atoms with Crippen molar-refractivity contribution in [3.63, 3.8) is 0 Å². The highest BCUT2D eigenvalue weighted by Crippen LogP contribution is 2.64. The number of non-ortho nitro benzene ring substituents is 1. The van der Waals surface area contributed by atoms with Gasteiger partial charge in [0.2, 0.25) is 0 Å². The highest BCUT2D eigenvalue weighted by molar-refractivity contribution is 9.10. The summed E-state index contributed by atoms with van der Waals surface area (Å²) >= 11 is 4.02. The number of nitrogens with zero attached hydrogens (tertiary/aromatic N) is 1. The fourth-order valence-electron chi connectivity index (χ4n) is 5.43. The van der Waals surface area contributed by atoms with E-state index in [4.69, 9.17) is 0 Å². The van der Waals surface area contributed by atoms with Crippen LogP contribution in [-0.4, -0.2) is 9.25 Å². The van der Waals surface area contributed by atoms with Crippen molar-refractivity contribution in [2.24, 2.45) is 11.8 Å². The van der Waals surface area contributed by atoms with Gasteiger partial charge in [-0.2, -0.15) is 0 Å². The third-order valence-corrected chi connectivity index (χ3v) is 6.61. The van der Waals surface area contributed by atoms with E-state index >= 15 is 0 Å². The zero-order valence-electron chi connectivity index (χ0n) is 11.3. The quantitative estimate of drug-likeness (QED) is 0.451. The van der Waals surface area contributed by atoms with Gasteiger partial charge in [-0.3, -0.25) is 10.1 Å². The van der Waals surface area contributed by atoms with Crippen molar-refractivity contribution in [3.8, 4) is 0 Å². The summed E-state index contributed by atoms with van der Waals surface area (Å²) in [6.45, 7) is 0. The number of nitro groups is 1. The Morgan fingerprint density at radius 1 is 1.10 bits per heavy atom. The van der Waals surface area contributed by atoms with Crippen molar-refractivity contribution in [2.45, 2.75) is 48.3 Å². The topological polar surface area (TPSA) is 43.1 Å². The van der Waals surface area contributed by atoms with Gasteiger partial charge in [0.15, 0.2) is 0 Å². The molecule has 4 saturated carbocycles. The molecule has 0 spiro atoms. The molecule has 0 unspecified atom stereocenters. The van der Waals surface area contributed by atoms with E-state index in [1.165, 1.54) is 44.1 Å². The van der Waals surface area contributed by atoms with Crippen LogP contribution in [0.5, 0.6) is 0 Å². The lowest BCUT2D eigenvalue weighted by atomic mass is 9.48. The molecule has 0 radical (unpaired) electrons. The predicted octanol–water partition coefficient (Wildman–Crippen LogP) is 4.58. The van der Waals surface area contributed by atoms with Crippen LogP contribution in [0.4, 0.5) is 5.69 Å². The lowest BCUT2D eigenvalue weighted by Crippen LogP contribution is -2.54. The van der Waals surface area contributed by atoms with Gasteiger partial charge < -0.3 is 0 Å². The molecule has 4 aliphatic carbocycles. The van der Waals surface area contributed by atoms with Crippen LogP contribution in [0.1, 0.15) is 44.1 Å². The highest BCUT2D eigenvalue weighted by atomic mass is 79.9. The molecule has 0 saturated heterocycles. The molecule has 5 rings (SSSR count). The van der Waals surface area contributed by atoms with E-state index in [2.05, 4.69) is 15.9 Å². The molecule has 4 aliphatic rings. The van der Waals surface area contributed by atoms with Gasteiger partial charge in [0.05, 0.1) is 4.92 Å². The van der Waals surface area contributed by atoms with E-state index in [-0.39, 0.29) is 16.0 Å². The molecule has 0 aliphatic heterocycles. The van der Waals surface area contributed by atoms with Crippen LogP contribution in [0.15, 0.2) is 24.3 Å². The molecule has 1 aromatic carbocycles. The molecule has 3 nitrogen and oxygen atoms in total. The Balaban J connectivity index is 1.72. The summed E-state index contributed by atoms with van der Waals surface area (Å²) in [6, 6.07) is 7.35. The Kier molecular flexibility index (Phi) is 2.60. The normalized spacial score (nSPS) is 41.9. The lowest BCUT2D eigenvalue weighted by molar-refractivity contribution is -0.384. The minimum absolute atomic E-state index is 0.201. The lowest BCUT2D eigenvalue weighted by Gasteiger charge is -2.60. The molecule has 4 fully saturated rings. The van der Waals surface area contributed by atoms with Gasteiger partial charge in [0.25, 0.3) is 5.69 Å². The maximum absolute atomic E-state index is 10.8. The van der Waals surface area contributed by atoms with Crippen molar-refractivity contribution < 1.29 is 4.92 Å². The fraction of sp³-hybridized carbons (Fsp3) is 0.625. The SMILES string of the molecule is O=[N+]([O-])c1ccc(C23C[C@H]4C[C@@H](CC(Br)(C4)C2)C3)cc1. The fourth-order valence-corrected chi connectivity index (χ4v) is 6.88. The molecule has 20 heavy (non-hydrogen) atoms. The summed E-state index contributed by atoms with van der Waals surface area (Å²) in [5, 5.41) is 10.8. The number of benzene rings is 1. The van der Waals surface area contributed by atoms with E-state index in [1.807, 2.05) is 12.1 Å². The summed E-state index contributed by atoms with van der Waals surface area (Å²) in [5.74, 6) is 1.68. The smallest absolute Gasteiger partial charge is 0.258 e. The van der Waals surface area contributed by atoms with E-state index in [9.17, 15) is 10.1 Å². The molecule has 106 valence electrons. The number of hydrogen-bond acceptors (Lipinski definition) is 2. The molecule has 2 atom stereocenters. The van der Waals surface area contributed by atoms with Crippen molar-refractivity contribution in [1.82, 2.24) is 0 Å². The average molecular weight is 336 g/mol. The van der Waals surface area contributed by atoms with Crippen LogP contribution in [0.2, 0.25) is 0 Å². The van der Waals surface area contributed by atoms with Crippen molar-refractivity contribution in [3.05, 3.63) is 39.9 Å². The third kappa shape index (κ3) is 1.84. The van der Waals surface area contributed by atoms with Crippen LogP contribution in [-0.2, 0) is 5.41 Å². The molecule has 0 amide bonds. The number of alkyl halides is 1. The van der Waals surface area contributed by atoms with E-state index < -0.39 is 0 Å². The van der Waals surface area contributed by atoms with Gasteiger partial charge in [-0.25, -0.2) is 0 Å². The number of rotatable bonds is 2. The van der Waals surface area contributed by atoms with Crippen LogP contribution >= 0.6 is 15.9 Å². The molecular weight excluding hydrogens is 318 g/mol. The summed E-state index contributed by atoms with van der Waals surface area (Å²) in [7, 11) is 0. The van der Waals surface area contributed by atoms with E-state index in [0.717, 1.165) is 11.8 Å². The highest BCUT2D eigenvalue weighted by Gasteiger charge is 2.57. The summed E-state index contributed by atoms with van der Waals surface area (Å²) in [6.07, 6.45) is 7.77. The zero-order valence-corrected chi connectivity index (χ0v) is 12.9. The van der Waals surface area contributed by atoms with Crippen LogP contribution in [0.25, 0.3) is 0 Å². The Morgan fingerprint density at radius 2 is 1.70 bits per heavy atom. The Bertz CT molecular complexity index is 554. The first kappa shape index (κ1) is 12.8. The van der Waals surface area contributed by atoms with Gasteiger partial charge in [0.1, 0.15) is 0 Å². The second-order valence-electron chi connectivity index (χ2n) is 7.20. The van der Waals surface area contributed by atoms with Gasteiger partial charge in [-0.15, -0.1) is 0 Å². The standard InChI is InChI=1S/C16H18BrNO2/c17-16-8-11-5-12(9-16)7-15(6-11,10-16)13-1-3-14(4-2-13)18(19)20/h1-4,11-12H,5-10H2/t11-,12-,15?,16?/m1/s1. The first-order chi connectivity index (χ1) is 9.48. The molecule has 4 bridgehead atoms. The molecule has 4 heteroatoms. The van der Waals surface area contributed by atoms with Gasteiger partial charge in [0, 0.05) is 16.5 Å². The summed E-state index contributed by atoms with van der Waals surface area (Å²) in [5.41, 5.74) is 1.79. The minimum atomic E-state index is -0.310. The Morgan fingerprint density at radius 3 is 2.20 bits per heavy atom. The van der Waals surface area contributed by atoms with Gasteiger partial charge in [-0.05, 0) is 61.3 Å². The van der Waals surface area contributed by atoms with Crippen molar-refractivity contribution >= 4 is 21.6 Å². The Hall–Kier alpha value is -0.900. The largest absolute Gasteiger partial charge is 0.269 e. The monoisotopic (exact) mass is 335 g/mol. The molecule has 0 aromatic heterocycles. The maximum Gasteiger partial charge on any atom is 0.269 e. The third-order valence-electron chi connectivity index (χ3n) is 5.68. The Labute approximate surface area is 127 Å². The second-order valence-corrected chi connectivity index (χ2v) is 8.88. The first-order valence-corrected chi connectivity index (χ1v) is 8.21. The average Bonchev–Trinajstić information content (AvgIpc) is 2.36. The summed E-state index contributed by atoms with van der Waals surface area (Å²) in [4.78, 5) is 10.5. The molecule has 0 heterocycles. The predicted molar refractivity (Wildman–Crippen MR) is 81.1 cm³/mol. The van der Waals surface area contributed by atoms with Crippen molar-refractivity contribution in [2.75, 3.05) is 0 Å². The zero-order chi connectivity index (χ0) is 14.0. The van der Waals surface area contributed by atoms with E-state index in [1.54, 1.807) is 12.1 Å². The van der Waals surface area contributed by atoms with E-state index in [0.29, 0.717) is 4.32 Å².